The second-order valence-electron chi connectivity index (χ2n) is 3.13. The highest BCUT2D eigenvalue weighted by Crippen LogP contribution is 2.38. The maximum absolute atomic E-state index is 12.6. The third-order valence-electron chi connectivity index (χ3n) is 2.05. The molecule has 0 aliphatic heterocycles. The fraction of sp³-hybridized carbons (Fsp3) is 0.222. The third-order valence-corrected chi connectivity index (χ3v) is 2.05. The lowest BCUT2D eigenvalue weighted by atomic mass is 10.1. The molecule has 1 N–H and O–H groups in total. The number of methoxy groups -OCH3 is 1. The Morgan fingerprint density at radius 2 is 2.00 bits per heavy atom. The zero-order valence-electron chi connectivity index (χ0n) is 8.82. The molecular formula is C9H6F3NO5. The van der Waals surface area contributed by atoms with E-state index < -0.39 is 39.6 Å². The highest BCUT2D eigenvalue weighted by Gasteiger charge is 2.38. The monoisotopic (exact) mass is 265 g/mol. The van der Waals surface area contributed by atoms with Crippen LogP contribution in [0.3, 0.4) is 0 Å². The van der Waals surface area contributed by atoms with Crippen molar-refractivity contribution in [3.05, 3.63) is 33.4 Å². The summed E-state index contributed by atoms with van der Waals surface area (Å²) >= 11 is 0. The minimum absolute atomic E-state index is 0.141. The van der Waals surface area contributed by atoms with Crippen molar-refractivity contribution in [2.24, 2.45) is 0 Å². The Hall–Kier alpha value is -2.32. The van der Waals surface area contributed by atoms with Gasteiger partial charge in [-0.25, -0.2) is 4.79 Å². The molecule has 0 aromatic heterocycles. The lowest BCUT2D eigenvalue weighted by Gasteiger charge is -2.11. The normalized spacial score (nSPS) is 11.1. The van der Waals surface area contributed by atoms with E-state index in [1.165, 1.54) is 0 Å². The fourth-order valence-corrected chi connectivity index (χ4v) is 1.29. The summed E-state index contributed by atoms with van der Waals surface area (Å²) in [6, 6.07) is 0.617. The van der Waals surface area contributed by atoms with Gasteiger partial charge in [0.1, 0.15) is 0 Å². The first-order valence-corrected chi connectivity index (χ1v) is 4.35. The minimum atomic E-state index is -5.01. The van der Waals surface area contributed by atoms with Crippen molar-refractivity contribution in [2.45, 2.75) is 6.18 Å². The van der Waals surface area contributed by atoms with Gasteiger partial charge in [-0.05, 0) is 0 Å². The number of nitro benzene ring substituents is 1. The number of benzene rings is 1. The molecule has 18 heavy (non-hydrogen) atoms. The Balaban J connectivity index is 3.63. The molecule has 0 saturated heterocycles. The smallest absolute Gasteiger partial charge is 0.417 e. The molecule has 6 nitrogen and oxygen atoms in total. The van der Waals surface area contributed by atoms with Gasteiger partial charge in [-0.15, -0.1) is 0 Å². The van der Waals surface area contributed by atoms with Crippen molar-refractivity contribution in [3.63, 3.8) is 0 Å². The predicted molar refractivity (Wildman–Crippen MR) is 51.6 cm³/mol. The van der Waals surface area contributed by atoms with Crippen LogP contribution in [0.4, 0.5) is 18.9 Å². The van der Waals surface area contributed by atoms with Crippen LogP contribution in [0, 0.1) is 10.1 Å². The number of aromatic carboxylic acids is 1. The minimum Gasteiger partial charge on any atom is -0.490 e. The first-order valence-electron chi connectivity index (χ1n) is 4.35. The largest absolute Gasteiger partial charge is 0.490 e. The van der Waals surface area contributed by atoms with E-state index in [0.29, 0.717) is 6.07 Å². The van der Waals surface area contributed by atoms with Crippen molar-refractivity contribution >= 4 is 11.7 Å². The van der Waals surface area contributed by atoms with E-state index in [-0.39, 0.29) is 6.07 Å². The maximum Gasteiger partial charge on any atom is 0.417 e. The number of hydrogen-bond donors (Lipinski definition) is 1. The fourth-order valence-electron chi connectivity index (χ4n) is 1.29. The molecule has 0 aliphatic carbocycles. The van der Waals surface area contributed by atoms with Crippen LogP contribution in [0.1, 0.15) is 15.9 Å². The van der Waals surface area contributed by atoms with Gasteiger partial charge in [-0.1, -0.05) is 0 Å². The van der Waals surface area contributed by atoms with Crippen LogP contribution in [0.2, 0.25) is 0 Å². The first-order chi connectivity index (χ1) is 8.18. The van der Waals surface area contributed by atoms with Gasteiger partial charge in [0.2, 0.25) is 0 Å². The number of nitro groups is 1. The summed E-state index contributed by atoms with van der Waals surface area (Å²) in [6.07, 6.45) is -5.01. The van der Waals surface area contributed by atoms with Gasteiger partial charge in [0.15, 0.2) is 5.75 Å². The molecule has 0 aliphatic rings. The van der Waals surface area contributed by atoms with Gasteiger partial charge in [-0.2, -0.15) is 13.2 Å². The highest BCUT2D eigenvalue weighted by atomic mass is 19.4. The van der Waals surface area contributed by atoms with Gasteiger partial charge in [0.25, 0.3) is 0 Å². The molecule has 0 unspecified atom stereocenters. The van der Waals surface area contributed by atoms with Crippen LogP contribution < -0.4 is 4.74 Å². The summed E-state index contributed by atoms with van der Waals surface area (Å²) in [5.41, 5.74) is -3.65. The summed E-state index contributed by atoms with van der Waals surface area (Å²) in [5.74, 6) is -2.40. The van der Waals surface area contributed by atoms with Crippen LogP contribution in [0.5, 0.6) is 5.75 Å². The molecule has 1 rings (SSSR count). The molecule has 0 atom stereocenters. The van der Waals surface area contributed by atoms with Crippen molar-refractivity contribution in [1.29, 1.82) is 0 Å². The van der Waals surface area contributed by atoms with Gasteiger partial charge >= 0.3 is 17.8 Å². The number of ether oxygens (including phenoxy) is 1. The van der Waals surface area contributed by atoms with E-state index in [2.05, 4.69) is 4.74 Å². The van der Waals surface area contributed by atoms with Crippen LogP contribution >= 0.6 is 0 Å². The SMILES string of the molecule is COc1cc(C(=O)O)c(C(F)(F)F)cc1[N+](=O)[O-]. The van der Waals surface area contributed by atoms with E-state index in [4.69, 9.17) is 5.11 Å². The van der Waals surface area contributed by atoms with Crippen molar-refractivity contribution in [3.8, 4) is 5.75 Å². The summed E-state index contributed by atoms with van der Waals surface area (Å²) in [4.78, 5) is 20.2. The molecule has 1 aromatic carbocycles. The first kappa shape index (κ1) is 13.7. The van der Waals surface area contributed by atoms with E-state index in [0.717, 1.165) is 7.11 Å². The zero-order chi connectivity index (χ0) is 14.1. The van der Waals surface area contributed by atoms with Crippen LogP contribution in [-0.4, -0.2) is 23.1 Å². The van der Waals surface area contributed by atoms with Gasteiger partial charge in [0, 0.05) is 12.1 Å². The standard InChI is InChI=1S/C9H6F3NO5/c1-18-7-2-4(8(14)15)5(9(10,11)12)3-6(7)13(16)17/h2-3H,1H3,(H,14,15). The van der Waals surface area contributed by atoms with Crippen LogP contribution in [-0.2, 0) is 6.18 Å². The Morgan fingerprint density at radius 1 is 1.44 bits per heavy atom. The average Bonchev–Trinajstić information content (AvgIpc) is 2.25. The molecule has 0 fully saturated rings. The molecule has 0 saturated carbocycles. The predicted octanol–water partition coefficient (Wildman–Crippen LogP) is 2.32. The van der Waals surface area contributed by atoms with Crippen LogP contribution in [0.15, 0.2) is 12.1 Å². The summed E-state index contributed by atoms with van der Waals surface area (Å²) in [7, 11) is 0.987. The molecule has 0 amide bonds. The molecule has 9 heteroatoms. The van der Waals surface area contributed by atoms with Crippen molar-refractivity contribution in [1.82, 2.24) is 0 Å². The topological polar surface area (TPSA) is 89.7 Å². The number of carboxylic acid groups (broad SMARTS) is 1. The average molecular weight is 265 g/mol. The Labute approximate surface area is 97.7 Å². The number of alkyl halides is 3. The number of rotatable bonds is 3. The second kappa shape index (κ2) is 4.51. The summed E-state index contributed by atoms with van der Waals surface area (Å²) in [6.45, 7) is 0. The Morgan fingerprint density at radius 3 is 2.33 bits per heavy atom. The van der Waals surface area contributed by atoms with Crippen molar-refractivity contribution in [2.75, 3.05) is 7.11 Å². The van der Waals surface area contributed by atoms with E-state index in [9.17, 15) is 28.1 Å². The third kappa shape index (κ3) is 2.50. The van der Waals surface area contributed by atoms with Gasteiger partial charge < -0.3 is 9.84 Å². The number of halogens is 3. The molecule has 0 radical (unpaired) electrons. The van der Waals surface area contributed by atoms with E-state index >= 15 is 0 Å². The summed E-state index contributed by atoms with van der Waals surface area (Å²) < 4.78 is 42.2. The van der Waals surface area contributed by atoms with E-state index in [1.807, 2.05) is 0 Å². The number of hydrogen-bond acceptors (Lipinski definition) is 4. The number of carboxylic acids is 1. The second-order valence-corrected chi connectivity index (χ2v) is 3.13. The lowest BCUT2D eigenvalue weighted by molar-refractivity contribution is -0.386. The molecule has 98 valence electrons. The quantitative estimate of drug-likeness (QED) is 0.669. The Bertz CT molecular complexity index is 512. The maximum atomic E-state index is 12.6. The molecule has 0 bridgehead atoms. The molecule has 0 spiro atoms. The van der Waals surface area contributed by atoms with Gasteiger partial charge in [-0.3, -0.25) is 10.1 Å². The zero-order valence-corrected chi connectivity index (χ0v) is 8.82. The lowest BCUT2D eigenvalue weighted by Crippen LogP contribution is -2.14. The molecule has 0 heterocycles. The highest BCUT2D eigenvalue weighted by molar-refractivity contribution is 5.91. The molecule has 1 aromatic rings. The van der Waals surface area contributed by atoms with Crippen LogP contribution in [0.25, 0.3) is 0 Å². The number of nitrogens with zero attached hydrogens (tertiary/aromatic N) is 1. The molecular weight excluding hydrogens is 259 g/mol. The van der Waals surface area contributed by atoms with Gasteiger partial charge in [0.05, 0.1) is 23.2 Å². The summed E-state index contributed by atoms with van der Waals surface area (Å²) in [5, 5.41) is 19.2. The van der Waals surface area contributed by atoms with E-state index in [1.54, 1.807) is 0 Å². The van der Waals surface area contributed by atoms with Crippen molar-refractivity contribution < 1.29 is 32.7 Å². The Kier molecular flexibility index (Phi) is 3.44. The number of carbonyl (C=O) groups is 1.